The first-order valence-electron chi connectivity index (χ1n) is 11.2. The van der Waals surface area contributed by atoms with Gasteiger partial charge in [-0.25, -0.2) is 0 Å². The summed E-state index contributed by atoms with van der Waals surface area (Å²) < 4.78 is 5.36. The zero-order chi connectivity index (χ0) is 22.9. The van der Waals surface area contributed by atoms with Gasteiger partial charge in [0, 0.05) is 49.9 Å². The largest absolute Gasteiger partial charge is 0.459 e. The predicted octanol–water partition coefficient (Wildman–Crippen LogP) is 4.16. The smallest absolute Gasteiger partial charge is 0.290 e. The standard InChI is InChI=1S/C26H26ClN3O3/c1-18-8-9-21(27)16-22(18)28-10-12-29(13-11-28)25(31)23-15-19-5-2-3-6-20(19)17-30(23)26(32)24-7-4-14-33-24/h2-9,14,16,23H,10-13,15,17H2,1H3/t23-/m1/s1. The number of nitrogens with zero attached hydrogens (tertiary/aromatic N) is 3. The van der Waals surface area contributed by atoms with E-state index in [0.717, 1.165) is 29.9 Å². The number of carbonyl (C=O) groups is 2. The van der Waals surface area contributed by atoms with Crippen molar-refractivity contribution in [3.63, 3.8) is 0 Å². The van der Waals surface area contributed by atoms with Crippen LogP contribution >= 0.6 is 11.6 Å². The van der Waals surface area contributed by atoms with E-state index >= 15 is 0 Å². The number of furan rings is 1. The Balaban J connectivity index is 1.35. The van der Waals surface area contributed by atoms with E-state index in [2.05, 4.69) is 11.8 Å². The maximum Gasteiger partial charge on any atom is 0.290 e. The zero-order valence-corrected chi connectivity index (χ0v) is 19.3. The van der Waals surface area contributed by atoms with Crippen LogP contribution in [-0.2, 0) is 17.8 Å². The zero-order valence-electron chi connectivity index (χ0n) is 18.5. The van der Waals surface area contributed by atoms with Crippen molar-refractivity contribution in [1.82, 2.24) is 9.80 Å². The van der Waals surface area contributed by atoms with Crippen LogP contribution in [0.25, 0.3) is 0 Å². The Morgan fingerprint density at radius 2 is 1.73 bits per heavy atom. The maximum absolute atomic E-state index is 13.7. The van der Waals surface area contributed by atoms with Gasteiger partial charge in [-0.15, -0.1) is 0 Å². The van der Waals surface area contributed by atoms with Crippen LogP contribution in [0.15, 0.2) is 65.3 Å². The third kappa shape index (κ3) is 4.23. The van der Waals surface area contributed by atoms with Gasteiger partial charge >= 0.3 is 0 Å². The van der Waals surface area contributed by atoms with Crippen LogP contribution in [0.3, 0.4) is 0 Å². The molecule has 1 atom stereocenters. The molecule has 0 radical (unpaired) electrons. The Bertz CT molecular complexity index is 1170. The average Bonchev–Trinajstić information content (AvgIpc) is 3.39. The molecule has 0 unspecified atom stereocenters. The highest BCUT2D eigenvalue weighted by atomic mass is 35.5. The van der Waals surface area contributed by atoms with Gasteiger partial charge in [-0.05, 0) is 47.9 Å². The molecule has 0 saturated carbocycles. The Hall–Kier alpha value is -3.25. The maximum atomic E-state index is 13.7. The fourth-order valence-electron chi connectivity index (χ4n) is 4.80. The number of benzene rings is 2. The fourth-order valence-corrected chi connectivity index (χ4v) is 4.97. The van der Waals surface area contributed by atoms with Gasteiger partial charge in [0.15, 0.2) is 5.76 Å². The number of piperazine rings is 1. The molecule has 1 saturated heterocycles. The number of hydrogen-bond donors (Lipinski definition) is 0. The summed E-state index contributed by atoms with van der Waals surface area (Å²) >= 11 is 6.21. The summed E-state index contributed by atoms with van der Waals surface area (Å²) in [7, 11) is 0. The molecule has 0 bridgehead atoms. The lowest BCUT2D eigenvalue weighted by atomic mass is 9.92. The molecule has 0 N–H and O–H groups in total. The van der Waals surface area contributed by atoms with E-state index in [4.69, 9.17) is 16.0 Å². The Labute approximate surface area is 198 Å². The van der Waals surface area contributed by atoms with Crippen molar-refractivity contribution >= 4 is 29.1 Å². The molecule has 3 aromatic rings. The second-order valence-corrected chi connectivity index (χ2v) is 9.08. The monoisotopic (exact) mass is 463 g/mol. The van der Waals surface area contributed by atoms with E-state index in [0.29, 0.717) is 31.1 Å². The molecular formula is C26H26ClN3O3. The van der Waals surface area contributed by atoms with Crippen LogP contribution in [0.4, 0.5) is 5.69 Å². The third-order valence-corrected chi connectivity index (χ3v) is 6.86. The van der Waals surface area contributed by atoms with Gasteiger partial charge in [0.1, 0.15) is 6.04 Å². The molecule has 1 fully saturated rings. The molecule has 2 aliphatic rings. The van der Waals surface area contributed by atoms with E-state index in [1.165, 1.54) is 11.8 Å². The third-order valence-electron chi connectivity index (χ3n) is 6.63. The molecule has 5 rings (SSSR count). The molecule has 1 aromatic heterocycles. The van der Waals surface area contributed by atoms with Crippen molar-refractivity contribution in [2.45, 2.75) is 25.9 Å². The number of amides is 2. The van der Waals surface area contributed by atoms with Crippen LogP contribution in [-0.4, -0.2) is 53.8 Å². The van der Waals surface area contributed by atoms with Crippen molar-refractivity contribution in [3.05, 3.63) is 88.3 Å². The van der Waals surface area contributed by atoms with Gasteiger partial charge in [0.2, 0.25) is 5.91 Å². The van der Waals surface area contributed by atoms with Crippen molar-refractivity contribution in [2.24, 2.45) is 0 Å². The molecule has 0 aliphatic carbocycles. The first kappa shape index (κ1) is 21.6. The second-order valence-electron chi connectivity index (χ2n) is 8.64. The van der Waals surface area contributed by atoms with Crippen LogP contribution in [0.1, 0.15) is 27.2 Å². The number of aryl methyl sites for hydroxylation is 1. The summed E-state index contributed by atoms with van der Waals surface area (Å²) in [6, 6.07) is 16.7. The normalized spacial score (nSPS) is 18.2. The van der Waals surface area contributed by atoms with Gasteiger partial charge in [-0.2, -0.15) is 0 Å². The minimum atomic E-state index is -0.544. The van der Waals surface area contributed by atoms with E-state index in [9.17, 15) is 9.59 Å². The molecule has 2 aliphatic heterocycles. The van der Waals surface area contributed by atoms with Crippen molar-refractivity contribution in [3.8, 4) is 0 Å². The molecule has 7 heteroatoms. The average molecular weight is 464 g/mol. The van der Waals surface area contributed by atoms with Crippen LogP contribution < -0.4 is 4.90 Å². The molecule has 6 nitrogen and oxygen atoms in total. The van der Waals surface area contributed by atoms with E-state index < -0.39 is 6.04 Å². The highest BCUT2D eigenvalue weighted by Gasteiger charge is 2.38. The first-order chi connectivity index (χ1) is 16.0. The molecule has 2 amide bonds. The first-order valence-corrected chi connectivity index (χ1v) is 11.6. The van der Waals surface area contributed by atoms with Gasteiger partial charge < -0.3 is 19.1 Å². The molecular weight excluding hydrogens is 438 g/mol. The Morgan fingerprint density at radius 1 is 0.970 bits per heavy atom. The number of hydrogen-bond acceptors (Lipinski definition) is 4. The summed E-state index contributed by atoms with van der Waals surface area (Å²) in [6.45, 7) is 5.12. The number of fused-ring (bicyclic) bond motifs is 1. The van der Waals surface area contributed by atoms with Crippen LogP contribution in [0.5, 0.6) is 0 Å². The summed E-state index contributed by atoms with van der Waals surface area (Å²) in [5.41, 5.74) is 4.46. The Morgan fingerprint density at radius 3 is 2.45 bits per heavy atom. The van der Waals surface area contributed by atoms with Crippen molar-refractivity contribution in [2.75, 3.05) is 31.1 Å². The number of anilines is 1. The Kier molecular flexibility index (Phi) is 5.85. The highest BCUT2D eigenvalue weighted by Crippen LogP contribution is 2.28. The lowest BCUT2D eigenvalue weighted by Gasteiger charge is -2.41. The van der Waals surface area contributed by atoms with E-state index in [1.54, 1.807) is 17.0 Å². The van der Waals surface area contributed by atoms with Gasteiger partial charge in [0.25, 0.3) is 5.91 Å². The van der Waals surface area contributed by atoms with E-state index in [1.807, 2.05) is 47.4 Å². The lowest BCUT2D eigenvalue weighted by molar-refractivity contribution is -0.137. The second kappa shape index (κ2) is 8.94. The SMILES string of the molecule is Cc1ccc(Cl)cc1N1CCN(C(=O)[C@H]2Cc3ccccc3CN2C(=O)c2ccco2)CC1. The molecule has 0 spiro atoms. The predicted molar refractivity (Wildman–Crippen MR) is 127 cm³/mol. The number of rotatable bonds is 3. The molecule has 33 heavy (non-hydrogen) atoms. The van der Waals surface area contributed by atoms with Crippen LogP contribution in [0.2, 0.25) is 5.02 Å². The van der Waals surface area contributed by atoms with Gasteiger partial charge in [0.05, 0.1) is 6.26 Å². The van der Waals surface area contributed by atoms with Crippen molar-refractivity contribution < 1.29 is 14.0 Å². The van der Waals surface area contributed by atoms with Crippen LogP contribution in [0, 0.1) is 6.92 Å². The summed E-state index contributed by atoms with van der Waals surface area (Å²) in [4.78, 5) is 32.7. The molecule has 170 valence electrons. The summed E-state index contributed by atoms with van der Waals surface area (Å²) in [5.74, 6) is 0.00125. The summed E-state index contributed by atoms with van der Waals surface area (Å²) in [5, 5.41) is 0.710. The molecule has 2 aromatic carbocycles. The quantitative estimate of drug-likeness (QED) is 0.585. The minimum Gasteiger partial charge on any atom is -0.459 e. The number of halogens is 1. The van der Waals surface area contributed by atoms with Gasteiger partial charge in [-0.3, -0.25) is 9.59 Å². The lowest BCUT2D eigenvalue weighted by Crippen LogP contribution is -2.57. The fraction of sp³-hybridized carbons (Fsp3) is 0.308. The number of carbonyl (C=O) groups excluding carboxylic acids is 2. The highest BCUT2D eigenvalue weighted by molar-refractivity contribution is 6.30. The van der Waals surface area contributed by atoms with Gasteiger partial charge in [-0.1, -0.05) is 41.9 Å². The van der Waals surface area contributed by atoms with E-state index in [-0.39, 0.29) is 17.6 Å². The van der Waals surface area contributed by atoms with Crippen molar-refractivity contribution in [1.29, 1.82) is 0 Å². The minimum absolute atomic E-state index is 0.00752. The topological polar surface area (TPSA) is 57.0 Å². The molecule has 3 heterocycles. The summed E-state index contributed by atoms with van der Waals surface area (Å²) in [6.07, 6.45) is 1.99.